The van der Waals surface area contributed by atoms with Crippen LogP contribution in [-0.4, -0.2) is 24.5 Å². The maximum Gasteiger partial charge on any atom is 0.168 e. The molecule has 0 radical (unpaired) electrons. The predicted molar refractivity (Wildman–Crippen MR) is 59.3 cm³/mol. The van der Waals surface area contributed by atoms with Crippen LogP contribution in [0.2, 0.25) is 0 Å². The van der Waals surface area contributed by atoms with Crippen LogP contribution in [0.1, 0.15) is 40.4 Å². The van der Waals surface area contributed by atoms with E-state index in [1.165, 1.54) is 18.4 Å². The molecule has 0 aromatic carbocycles. The highest BCUT2D eigenvalue weighted by molar-refractivity contribution is 5.72. The maximum absolute atomic E-state index is 12.0. The Labute approximate surface area is 94.1 Å². The molecule has 0 aliphatic heterocycles. The highest BCUT2D eigenvalue weighted by atomic mass is 19.1. The number of pyridine rings is 1. The summed E-state index contributed by atoms with van der Waals surface area (Å²) in [5.41, 5.74) is 2.76. The van der Waals surface area contributed by atoms with E-state index in [1.54, 1.807) is 6.20 Å². The molecule has 1 fully saturated rings. The molecule has 86 valence electrons. The van der Waals surface area contributed by atoms with Gasteiger partial charge in [0.1, 0.15) is 12.4 Å². The van der Waals surface area contributed by atoms with Gasteiger partial charge in [0.2, 0.25) is 0 Å². The van der Waals surface area contributed by atoms with Gasteiger partial charge in [-0.3, -0.25) is 9.78 Å². The van der Waals surface area contributed by atoms with Crippen LogP contribution in [0.3, 0.4) is 0 Å². The summed E-state index contributed by atoms with van der Waals surface area (Å²) in [6, 6.07) is 1.86. The summed E-state index contributed by atoms with van der Waals surface area (Å²) < 4.78 is 12.0. The van der Waals surface area contributed by atoms with Crippen LogP contribution >= 0.6 is 0 Å². The zero-order valence-corrected chi connectivity index (χ0v) is 9.08. The van der Waals surface area contributed by atoms with Crippen molar-refractivity contribution >= 4 is 6.29 Å². The van der Waals surface area contributed by atoms with Gasteiger partial charge in [-0.15, -0.1) is 0 Å². The number of carbonyl (C=O) groups excluding carboxylic acids is 1. The summed E-state index contributed by atoms with van der Waals surface area (Å²) >= 11 is 0. The van der Waals surface area contributed by atoms with Crippen molar-refractivity contribution in [1.82, 2.24) is 10.3 Å². The van der Waals surface area contributed by atoms with Crippen molar-refractivity contribution in [2.24, 2.45) is 0 Å². The van der Waals surface area contributed by atoms with Gasteiger partial charge in [0, 0.05) is 19.3 Å². The fourth-order valence-electron chi connectivity index (χ4n) is 1.79. The van der Waals surface area contributed by atoms with Crippen molar-refractivity contribution in [3.63, 3.8) is 0 Å². The number of nitrogens with one attached hydrogen (secondary N) is 1. The summed E-state index contributed by atoms with van der Waals surface area (Å²) in [6.07, 6.45) is 4.85. The van der Waals surface area contributed by atoms with E-state index < -0.39 is 0 Å². The Morgan fingerprint density at radius 2 is 2.38 bits per heavy atom. The summed E-state index contributed by atoms with van der Waals surface area (Å²) in [6.45, 7) is 0.625. The Hall–Kier alpha value is -1.29. The minimum Gasteiger partial charge on any atom is -0.310 e. The molecule has 1 aliphatic rings. The lowest BCUT2D eigenvalue weighted by Gasteiger charge is -2.09. The number of hydrogen-bond donors (Lipinski definition) is 1. The first kappa shape index (κ1) is 11.2. The SMILES string of the molecule is O=Cc1cc(C2CC2)c(CNCCF)cn1. The van der Waals surface area contributed by atoms with Gasteiger partial charge in [0.05, 0.1) is 0 Å². The molecule has 3 nitrogen and oxygen atoms in total. The van der Waals surface area contributed by atoms with E-state index in [4.69, 9.17) is 0 Å². The average Bonchev–Trinajstić information content (AvgIpc) is 3.14. The number of carbonyl (C=O) groups is 1. The van der Waals surface area contributed by atoms with Gasteiger partial charge in [-0.05, 0) is 36.0 Å². The van der Waals surface area contributed by atoms with Gasteiger partial charge in [0.15, 0.2) is 6.29 Å². The normalized spacial score (nSPS) is 15.1. The molecule has 1 aromatic heterocycles. The average molecular weight is 222 g/mol. The van der Waals surface area contributed by atoms with Crippen LogP contribution in [0, 0.1) is 0 Å². The lowest BCUT2D eigenvalue weighted by Crippen LogP contribution is -2.17. The van der Waals surface area contributed by atoms with Crippen molar-refractivity contribution in [3.8, 4) is 0 Å². The van der Waals surface area contributed by atoms with Crippen LogP contribution in [0.4, 0.5) is 4.39 Å². The molecule has 1 heterocycles. The first-order chi connectivity index (χ1) is 7.85. The predicted octanol–water partition coefficient (Wildman–Crippen LogP) is 1.83. The Morgan fingerprint density at radius 3 is 3.00 bits per heavy atom. The molecule has 1 N–H and O–H groups in total. The third-order valence-electron chi connectivity index (χ3n) is 2.77. The second-order valence-corrected chi connectivity index (χ2v) is 4.07. The fourth-order valence-corrected chi connectivity index (χ4v) is 1.79. The van der Waals surface area contributed by atoms with Gasteiger partial charge in [-0.1, -0.05) is 0 Å². The topological polar surface area (TPSA) is 42.0 Å². The molecule has 0 unspecified atom stereocenters. The van der Waals surface area contributed by atoms with Gasteiger partial charge in [0.25, 0.3) is 0 Å². The molecule has 16 heavy (non-hydrogen) atoms. The lowest BCUT2D eigenvalue weighted by molar-refractivity contribution is 0.111. The molecule has 0 bridgehead atoms. The Morgan fingerprint density at radius 1 is 1.56 bits per heavy atom. The Kier molecular flexibility index (Phi) is 3.62. The number of hydrogen-bond acceptors (Lipinski definition) is 3. The third-order valence-corrected chi connectivity index (χ3v) is 2.77. The Balaban J connectivity index is 2.12. The minimum atomic E-state index is -0.362. The molecule has 0 saturated heterocycles. The van der Waals surface area contributed by atoms with E-state index in [0.29, 0.717) is 24.7 Å². The van der Waals surface area contributed by atoms with E-state index in [0.717, 1.165) is 11.8 Å². The summed E-state index contributed by atoms with van der Waals surface area (Å²) in [4.78, 5) is 14.7. The molecular weight excluding hydrogens is 207 g/mol. The molecule has 1 saturated carbocycles. The largest absolute Gasteiger partial charge is 0.310 e. The van der Waals surface area contributed by atoms with Gasteiger partial charge in [-0.2, -0.15) is 0 Å². The standard InChI is InChI=1S/C12H15FN2O/c13-3-4-14-6-10-7-15-11(8-16)5-12(10)9-1-2-9/h5,7-9,14H,1-4,6H2. The zero-order chi connectivity index (χ0) is 11.4. The monoisotopic (exact) mass is 222 g/mol. The van der Waals surface area contributed by atoms with Gasteiger partial charge >= 0.3 is 0 Å². The number of halogens is 1. The molecule has 0 atom stereocenters. The quantitative estimate of drug-likeness (QED) is 0.589. The van der Waals surface area contributed by atoms with E-state index >= 15 is 0 Å². The lowest BCUT2D eigenvalue weighted by atomic mass is 10.0. The molecule has 2 rings (SSSR count). The van der Waals surface area contributed by atoms with E-state index in [-0.39, 0.29) is 6.67 Å². The second-order valence-electron chi connectivity index (χ2n) is 4.07. The third kappa shape index (κ3) is 2.64. The van der Waals surface area contributed by atoms with Gasteiger partial charge < -0.3 is 5.32 Å². The molecule has 0 spiro atoms. The first-order valence-electron chi connectivity index (χ1n) is 5.56. The van der Waals surface area contributed by atoms with Gasteiger partial charge in [-0.25, -0.2) is 4.39 Å². The summed E-state index contributed by atoms with van der Waals surface area (Å²) in [7, 11) is 0. The van der Waals surface area contributed by atoms with Crippen molar-refractivity contribution < 1.29 is 9.18 Å². The van der Waals surface area contributed by atoms with Crippen LogP contribution in [0.5, 0.6) is 0 Å². The molecule has 4 heteroatoms. The smallest absolute Gasteiger partial charge is 0.168 e. The number of nitrogens with zero attached hydrogens (tertiary/aromatic N) is 1. The van der Waals surface area contributed by atoms with Crippen LogP contribution in [0.25, 0.3) is 0 Å². The molecule has 1 aromatic rings. The second kappa shape index (κ2) is 5.16. The van der Waals surface area contributed by atoms with Crippen LogP contribution in [-0.2, 0) is 6.54 Å². The zero-order valence-electron chi connectivity index (χ0n) is 9.08. The van der Waals surface area contributed by atoms with Crippen LogP contribution in [0.15, 0.2) is 12.3 Å². The van der Waals surface area contributed by atoms with E-state index in [2.05, 4.69) is 10.3 Å². The van der Waals surface area contributed by atoms with E-state index in [9.17, 15) is 9.18 Å². The summed E-state index contributed by atoms with van der Waals surface area (Å²) in [5, 5.41) is 3.01. The number of aromatic nitrogens is 1. The summed E-state index contributed by atoms with van der Waals surface area (Å²) in [5.74, 6) is 0.573. The van der Waals surface area contributed by atoms with Crippen molar-refractivity contribution in [1.29, 1.82) is 0 Å². The number of rotatable bonds is 6. The highest BCUT2D eigenvalue weighted by Gasteiger charge is 2.26. The minimum absolute atomic E-state index is 0.361. The highest BCUT2D eigenvalue weighted by Crippen LogP contribution is 2.41. The van der Waals surface area contributed by atoms with Crippen molar-refractivity contribution in [3.05, 3.63) is 29.1 Å². The molecule has 0 amide bonds. The number of alkyl halides is 1. The molecular formula is C12H15FN2O. The maximum atomic E-state index is 12.0. The van der Waals surface area contributed by atoms with Crippen molar-refractivity contribution in [2.75, 3.05) is 13.2 Å². The molecule has 1 aliphatic carbocycles. The fraction of sp³-hybridized carbons (Fsp3) is 0.500. The first-order valence-corrected chi connectivity index (χ1v) is 5.56. The Bertz CT molecular complexity index is 377. The van der Waals surface area contributed by atoms with Crippen molar-refractivity contribution in [2.45, 2.75) is 25.3 Å². The van der Waals surface area contributed by atoms with E-state index in [1.807, 2.05) is 6.07 Å². The number of aldehydes is 1. The van der Waals surface area contributed by atoms with Crippen LogP contribution < -0.4 is 5.32 Å².